The molecule has 1 saturated carbocycles. The molecule has 6 nitrogen and oxygen atoms in total. The highest BCUT2D eigenvalue weighted by Gasteiger charge is 2.32. The first-order chi connectivity index (χ1) is 15.3. The molecule has 2 aliphatic rings. The Hall–Kier alpha value is -2.70. The number of ether oxygens (including phenoxy) is 1. The van der Waals surface area contributed by atoms with Crippen LogP contribution < -0.4 is 4.90 Å². The minimum absolute atomic E-state index is 0.154. The fraction of sp³-hybridized carbons (Fsp3) is 0.522. The molecule has 170 valence electrons. The summed E-state index contributed by atoms with van der Waals surface area (Å²) in [6.45, 7) is 4.79. The van der Waals surface area contributed by atoms with E-state index >= 15 is 0 Å². The van der Waals surface area contributed by atoms with Crippen LogP contribution in [0.25, 0.3) is 0 Å². The van der Waals surface area contributed by atoms with Crippen molar-refractivity contribution < 1.29 is 17.9 Å². The average molecular weight is 445 g/mol. The summed E-state index contributed by atoms with van der Waals surface area (Å²) in [4.78, 5) is 13.4. The molecule has 0 radical (unpaired) electrons. The SMILES string of the molecule is CO[C@@H](CN1CCN(c2nc(C3CC3)ncc2C#N)C[C@@H]1C)c1ccc(C(F)(F)F)cc1. The van der Waals surface area contributed by atoms with Crippen LogP contribution in [-0.4, -0.2) is 54.2 Å². The first-order valence-electron chi connectivity index (χ1n) is 10.8. The molecule has 32 heavy (non-hydrogen) atoms. The van der Waals surface area contributed by atoms with E-state index in [4.69, 9.17) is 9.72 Å². The second-order valence-electron chi connectivity index (χ2n) is 8.49. The Morgan fingerprint density at radius 3 is 2.50 bits per heavy atom. The first kappa shape index (κ1) is 22.5. The van der Waals surface area contributed by atoms with Gasteiger partial charge >= 0.3 is 6.18 Å². The van der Waals surface area contributed by atoms with Gasteiger partial charge in [-0.3, -0.25) is 4.90 Å². The fourth-order valence-electron chi connectivity index (χ4n) is 4.12. The molecule has 2 atom stereocenters. The van der Waals surface area contributed by atoms with Gasteiger partial charge in [0.15, 0.2) is 0 Å². The van der Waals surface area contributed by atoms with Crippen LogP contribution in [0.1, 0.15) is 54.3 Å². The van der Waals surface area contributed by atoms with Crippen LogP contribution in [-0.2, 0) is 10.9 Å². The fourth-order valence-corrected chi connectivity index (χ4v) is 4.12. The zero-order valence-electron chi connectivity index (χ0n) is 18.1. The molecule has 0 amide bonds. The number of anilines is 1. The zero-order valence-corrected chi connectivity index (χ0v) is 18.1. The van der Waals surface area contributed by atoms with Crippen LogP contribution in [0.3, 0.4) is 0 Å². The molecule has 2 fully saturated rings. The Morgan fingerprint density at radius 2 is 1.94 bits per heavy atom. The summed E-state index contributed by atoms with van der Waals surface area (Å²) in [7, 11) is 1.57. The molecule has 1 aromatic heterocycles. The van der Waals surface area contributed by atoms with Crippen molar-refractivity contribution in [1.29, 1.82) is 5.26 Å². The maximum Gasteiger partial charge on any atom is 0.416 e. The molecule has 1 saturated heterocycles. The molecule has 4 rings (SSSR count). The standard InChI is InChI=1S/C23H26F3N5O/c1-15-13-31(22-18(11-27)12-28-21(29-22)17-3-4-17)10-9-30(15)14-20(32-2)16-5-7-19(8-6-16)23(24,25)26/h5-8,12,15,17,20H,3-4,9-10,13-14H2,1-2H3/t15-,20-/m0/s1. The summed E-state index contributed by atoms with van der Waals surface area (Å²) in [6, 6.07) is 7.52. The van der Waals surface area contributed by atoms with E-state index in [-0.39, 0.29) is 12.1 Å². The Balaban J connectivity index is 1.43. The first-order valence-corrected chi connectivity index (χ1v) is 10.8. The van der Waals surface area contributed by atoms with Crippen LogP contribution in [0.15, 0.2) is 30.5 Å². The largest absolute Gasteiger partial charge is 0.416 e. The van der Waals surface area contributed by atoms with Gasteiger partial charge in [-0.1, -0.05) is 12.1 Å². The summed E-state index contributed by atoms with van der Waals surface area (Å²) < 4.78 is 44.2. The van der Waals surface area contributed by atoms with Crippen molar-refractivity contribution in [2.24, 2.45) is 0 Å². The molecule has 1 aliphatic carbocycles. The highest BCUT2D eigenvalue weighted by atomic mass is 19.4. The van der Waals surface area contributed by atoms with Gasteiger partial charge in [0.05, 0.1) is 17.9 Å². The minimum atomic E-state index is -4.35. The van der Waals surface area contributed by atoms with Gasteiger partial charge in [0, 0.05) is 45.2 Å². The normalized spacial score (nSPS) is 20.8. The third-order valence-electron chi connectivity index (χ3n) is 6.21. The molecular formula is C23H26F3N5O. The van der Waals surface area contributed by atoms with Crippen molar-refractivity contribution in [2.75, 3.05) is 38.2 Å². The van der Waals surface area contributed by atoms with Gasteiger partial charge in [0.2, 0.25) is 0 Å². The second-order valence-corrected chi connectivity index (χ2v) is 8.49. The van der Waals surface area contributed by atoms with Crippen molar-refractivity contribution >= 4 is 5.82 Å². The van der Waals surface area contributed by atoms with E-state index in [9.17, 15) is 18.4 Å². The lowest BCUT2D eigenvalue weighted by atomic mass is 10.0. The molecule has 9 heteroatoms. The lowest BCUT2D eigenvalue weighted by Crippen LogP contribution is -2.53. The number of aromatic nitrogens is 2. The lowest BCUT2D eigenvalue weighted by molar-refractivity contribution is -0.137. The number of piperazine rings is 1. The van der Waals surface area contributed by atoms with Gasteiger partial charge in [-0.05, 0) is 37.5 Å². The molecular weight excluding hydrogens is 419 g/mol. The maximum absolute atomic E-state index is 12.9. The number of nitriles is 1. The van der Waals surface area contributed by atoms with Crippen LogP contribution in [0, 0.1) is 11.3 Å². The number of hydrogen-bond donors (Lipinski definition) is 0. The highest BCUT2D eigenvalue weighted by molar-refractivity contribution is 5.53. The molecule has 0 bridgehead atoms. The molecule has 2 heterocycles. The topological polar surface area (TPSA) is 65.3 Å². The summed E-state index contributed by atoms with van der Waals surface area (Å²) in [5.41, 5.74) is 0.531. The number of hydrogen-bond acceptors (Lipinski definition) is 6. The zero-order chi connectivity index (χ0) is 22.9. The van der Waals surface area contributed by atoms with E-state index in [2.05, 4.69) is 27.8 Å². The van der Waals surface area contributed by atoms with Crippen molar-refractivity contribution in [3.05, 3.63) is 53.0 Å². The number of halogens is 3. The number of methoxy groups -OCH3 is 1. The predicted octanol–water partition coefficient (Wildman–Crippen LogP) is 4.14. The third-order valence-corrected chi connectivity index (χ3v) is 6.21. The Labute approximate surface area is 185 Å². The second kappa shape index (κ2) is 9.04. The van der Waals surface area contributed by atoms with E-state index < -0.39 is 11.7 Å². The smallest absolute Gasteiger partial charge is 0.375 e. The molecule has 1 aliphatic heterocycles. The number of nitrogens with zero attached hydrogens (tertiary/aromatic N) is 5. The van der Waals surface area contributed by atoms with E-state index in [0.717, 1.165) is 37.3 Å². The van der Waals surface area contributed by atoms with Crippen molar-refractivity contribution in [2.45, 2.75) is 44.0 Å². The Bertz CT molecular complexity index is 985. The van der Waals surface area contributed by atoms with Crippen LogP contribution in [0.4, 0.5) is 19.0 Å². The minimum Gasteiger partial charge on any atom is -0.375 e. The third kappa shape index (κ3) is 4.87. The quantitative estimate of drug-likeness (QED) is 0.666. The van der Waals surface area contributed by atoms with Gasteiger partial charge in [-0.2, -0.15) is 18.4 Å². The maximum atomic E-state index is 12.9. The van der Waals surface area contributed by atoms with Crippen LogP contribution >= 0.6 is 0 Å². The van der Waals surface area contributed by atoms with Crippen molar-refractivity contribution in [1.82, 2.24) is 14.9 Å². The Morgan fingerprint density at radius 1 is 1.22 bits per heavy atom. The van der Waals surface area contributed by atoms with Gasteiger partial charge in [-0.15, -0.1) is 0 Å². The molecule has 0 unspecified atom stereocenters. The van der Waals surface area contributed by atoms with E-state index in [1.165, 1.54) is 12.1 Å². The summed E-state index contributed by atoms with van der Waals surface area (Å²) in [6.07, 6.45) is -0.871. The summed E-state index contributed by atoms with van der Waals surface area (Å²) in [5.74, 6) is 1.92. The number of benzene rings is 1. The van der Waals surface area contributed by atoms with Crippen LogP contribution in [0.2, 0.25) is 0 Å². The van der Waals surface area contributed by atoms with E-state index in [1.807, 2.05) is 0 Å². The molecule has 0 N–H and O–H groups in total. The van der Waals surface area contributed by atoms with Crippen LogP contribution in [0.5, 0.6) is 0 Å². The van der Waals surface area contributed by atoms with Gasteiger partial charge in [0.1, 0.15) is 23.3 Å². The van der Waals surface area contributed by atoms with Crippen molar-refractivity contribution in [3.63, 3.8) is 0 Å². The lowest BCUT2D eigenvalue weighted by Gasteiger charge is -2.41. The average Bonchev–Trinajstić information content (AvgIpc) is 3.63. The van der Waals surface area contributed by atoms with E-state index in [0.29, 0.717) is 42.5 Å². The van der Waals surface area contributed by atoms with Crippen molar-refractivity contribution in [3.8, 4) is 6.07 Å². The molecule has 0 spiro atoms. The molecule has 2 aromatic rings. The van der Waals surface area contributed by atoms with Gasteiger partial charge in [0.25, 0.3) is 0 Å². The highest BCUT2D eigenvalue weighted by Crippen LogP contribution is 2.39. The number of alkyl halides is 3. The van der Waals surface area contributed by atoms with E-state index in [1.54, 1.807) is 13.3 Å². The summed E-state index contributed by atoms with van der Waals surface area (Å²) in [5, 5.41) is 9.50. The van der Waals surface area contributed by atoms with Gasteiger partial charge < -0.3 is 9.64 Å². The molecule has 1 aromatic carbocycles. The number of rotatable bonds is 6. The monoisotopic (exact) mass is 445 g/mol. The Kier molecular flexibility index (Phi) is 6.35. The predicted molar refractivity (Wildman–Crippen MR) is 113 cm³/mol. The van der Waals surface area contributed by atoms with Gasteiger partial charge in [-0.25, -0.2) is 9.97 Å². The summed E-state index contributed by atoms with van der Waals surface area (Å²) >= 11 is 0.